The van der Waals surface area contributed by atoms with E-state index in [9.17, 15) is 13.7 Å². The maximum Gasteiger partial charge on any atom is 0.393 e. The van der Waals surface area contributed by atoms with Gasteiger partial charge in [-0.05, 0) is 0 Å². The van der Waals surface area contributed by atoms with Gasteiger partial charge < -0.3 is 0 Å². The topological polar surface area (TPSA) is 78.9 Å². The molecule has 0 amide bonds. The van der Waals surface area contributed by atoms with Crippen molar-refractivity contribution < 1.29 is 26.6 Å². The van der Waals surface area contributed by atoms with Gasteiger partial charge in [-0.3, -0.25) is 0 Å². The molecule has 1 aliphatic rings. The number of hydrogen-bond acceptors (Lipinski definition) is 6. The lowest BCUT2D eigenvalue weighted by molar-refractivity contribution is 0.324. The summed E-state index contributed by atoms with van der Waals surface area (Å²) in [5.41, 5.74) is 0. The van der Waals surface area contributed by atoms with E-state index in [-0.39, 0.29) is 0 Å². The fourth-order valence-electron chi connectivity index (χ4n) is 0.208. The lowest BCUT2D eigenvalue weighted by Gasteiger charge is -2.03. The smallest absolute Gasteiger partial charge is 0.220 e. The fourth-order valence-corrected chi connectivity index (χ4v) is 2.68. The summed E-state index contributed by atoms with van der Waals surface area (Å²) in [6.07, 6.45) is 0. The maximum absolute atomic E-state index is 10.1. The first-order valence-electron chi connectivity index (χ1n) is 1.64. The molecule has 3 radical (unpaired) electrons. The van der Waals surface area contributed by atoms with Gasteiger partial charge >= 0.3 is 24.8 Å². The molecule has 0 aromatic rings. The summed E-state index contributed by atoms with van der Waals surface area (Å²) in [4.78, 5) is 0. The highest BCUT2D eigenvalue weighted by Gasteiger charge is 2.25. The van der Waals surface area contributed by atoms with E-state index in [4.69, 9.17) is 0 Å². The van der Waals surface area contributed by atoms with E-state index >= 15 is 0 Å². The van der Waals surface area contributed by atoms with E-state index in [0.29, 0.717) is 0 Å². The highest BCUT2D eigenvalue weighted by atomic mass is 31.3. The van der Waals surface area contributed by atoms with Gasteiger partial charge in [-0.1, -0.05) is 0 Å². The van der Waals surface area contributed by atoms with Crippen molar-refractivity contribution in [3.8, 4) is 0 Å². The third-order valence-corrected chi connectivity index (χ3v) is 3.60. The molecule has 0 aromatic carbocycles. The summed E-state index contributed by atoms with van der Waals surface area (Å²) < 4.78 is 42.3. The molecule has 0 spiro atoms. The zero-order chi connectivity index (χ0) is 6.85. The average Bonchev–Trinajstić information content (AvgIpc) is 1.59. The van der Waals surface area contributed by atoms with Crippen molar-refractivity contribution in [2.45, 2.75) is 0 Å². The highest BCUT2D eigenvalue weighted by Crippen LogP contribution is 2.57. The van der Waals surface area contributed by atoms with Gasteiger partial charge in [0.05, 0.1) is 0 Å². The lowest BCUT2D eigenvalue weighted by Crippen LogP contribution is -1.78. The predicted molar refractivity (Wildman–Crippen MR) is 26.1 cm³/mol. The normalized spacial score (nSPS) is 32.7. The minimum atomic E-state index is -2.51. The molecule has 1 aliphatic heterocycles. The largest absolute Gasteiger partial charge is 0.393 e. The Labute approximate surface area is 52.3 Å². The van der Waals surface area contributed by atoms with Crippen molar-refractivity contribution in [1.29, 1.82) is 0 Å². The summed E-state index contributed by atoms with van der Waals surface area (Å²) in [7, 11) is -7.54. The van der Waals surface area contributed by atoms with E-state index in [1.807, 2.05) is 0 Å². The monoisotopic (exact) mass is 189 g/mol. The summed E-state index contributed by atoms with van der Waals surface area (Å²) in [6, 6.07) is 0. The van der Waals surface area contributed by atoms with Crippen LogP contribution in [0.2, 0.25) is 0 Å². The Morgan fingerprint density at radius 3 is 1.11 bits per heavy atom. The van der Waals surface area contributed by atoms with Gasteiger partial charge in [0.15, 0.2) is 0 Å². The van der Waals surface area contributed by atoms with Crippen LogP contribution in [0, 0.1) is 0 Å². The molecule has 1 heterocycles. The Balaban J connectivity index is 2.64. The van der Waals surface area contributed by atoms with Crippen LogP contribution < -0.4 is 0 Å². The second kappa shape index (κ2) is 2.84. The minimum absolute atomic E-state index is 2.51. The summed E-state index contributed by atoms with van der Waals surface area (Å²) in [6.45, 7) is 0. The minimum Gasteiger partial charge on any atom is -0.220 e. The number of rotatable bonds is 0. The molecule has 0 saturated carbocycles. The van der Waals surface area contributed by atoms with Crippen LogP contribution in [-0.2, 0) is 26.6 Å². The van der Waals surface area contributed by atoms with Crippen LogP contribution >= 0.6 is 24.8 Å². The molecule has 0 N–H and O–H groups in total. The van der Waals surface area contributed by atoms with Gasteiger partial charge in [0.25, 0.3) is 0 Å². The van der Waals surface area contributed by atoms with Gasteiger partial charge in [0.2, 0.25) is 0 Å². The second-order valence-electron chi connectivity index (χ2n) is 0.916. The molecule has 9 heavy (non-hydrogen) atoms. The summed E-state index contributed by atoms with van der Waals surface area (Å²) in [5, 5.41) is 0. The van der Waals surface area contributed by atoms with E-state index in [1.165, 1.54) is 0 Å². The van der Waals surface area contributed by atoms with Crippen LogP contribution in [-0.4, -0.2) is 0 Å². The lowest BCUT2D eigenvalue weighted by atomic mass is 15.7. The third-order valence-electron chi connectivity index (χ3n) is 0.400. The Morgan fingerprint density at radius 2 is 0.889 bits per heavy atom. The summed E-state index contributed by atoms with van der Waals surface area (Å²) in [5.74, 6) is 0. The second-order valence-corrected chi connectivity index (χ2v) is 4.22. The molecule has 6 nitrogen and oxygen atoms in total. The van der Waals surface area contributed by atoms with Crippen molar-refractivity contribution in [3.05, 3.63) is 0 Å². The Bertz CT molecular complexity index is 135. The molecular formula is O6P3. The van der Waals surface area contributed by atoms with Crippen molar-refractivity contribution in [1.82, 2.24) is 0 Å². The highest BCUT2D eigenvalue weighted by molar-refractivity contribution is 7.61. The maximum atomic E-state index is 10.1. The Hall–Kier alpha value is 0.180. The zero-order valence-electron chi connectivity index (χ0n) is 3.79. The first kappa shape index (κ1) is 7.29. The molecule has 0 aliphatic carbocycles. The van der Waals surface area contributed by atoms with E-state index in [1.54, 1.807) is 0 Å². The van der Waals surface area contributed by atoms with Gasteiger partial charge in [-0.25, -0.2) is 13.7 Å². The molecule has 0 bridgehead atoms. The predicted octanol–water partition coefficient (Wildman–Crippen LogP) is 2.02. The van der Waals surface area contributed by atoms with E-state index < -0.39 is 24.8 Å². The molecule has 0 aromatic heterocycles. The molecule has 0 unspecified atom stereocenters. The van der Waals surface area contributed by atoms with Crippen LogP contribution in [0.3, 0.4) is 0 Å². The molecule has 1 saturated heterocycles. The molecular weight excluding hydrogens is 189 g/mol. The van der Waals surface area contributed by atoms with Crippen molar-refractivity contribution >= 4 is 24.8 Å². The molecule has 0 atom stereocenters. The molecule has 1 rings (SSSR count). The van der Waals surface area contributed by atoms with Crippen LogP contribution in [0.5, 0.6) is 0 Å². The molecule has 51 valence electrons. The van der Waals surface area contributed by atoms with Crippen LogP contribution in [0.4, 0.5) is 0 Å². The van der Waals surface area contributed by atoms with E-state index in [2.05, 4.69) is 12.9 Å². The van der Waals surface area contributed by atoms with Crippen molar-refractivity contribution in [2.75, 3.05) is 0 Å². The quantitative estimate of drug-likeness (QED) is 0.542. The van der Waals surface area contributed by atoms with Gasteiger partial charge in [-0.2, -0.15) is 12.9 Å². The fraction of sp³-hybridized carbons (Fsp3) is 0. The first-order chi connectivity index (χ1) is 4.18. The third kappa shape index (κ3) is 2.11. The van der Waals surface area contributed by atoms with Crippen LogP contribution in [0.25, 0.3) is 0 Å². The van der Waals surface area contributed by atoms with Crippen LogP contribution in [0.1, 0.15) is 0 Å². The molecule has 9 heteroatoms. The van der Waals surface area contributed by atoms with E-state index in [0.717, 1.165) is 0 Å². The van der Waals surface area contributed by atoms with Crippen molar-refractivity contribution in [3.63, 3.8) is 0 Å². The standard InChI is InChI=1S/O6P3/c1-7-4-8(2)6-9(3)5-7. The first-order valence-corrected chi connectivity index (χ1v) is 4.93. The molecule has 1 fully saturated rings. The Morgan fingerprint density at radius 1 is 0.667 bits per heavy atom. The van der Waals surface area contributed by atoms with Gasteiger partial charge in [-0.15, -0.1) is 0 Å². The van der Waals surface area contributed by atoms with Crippen molar-refractivity contribution in [2.24, 2.45) is 0 Å². The van der Waals surface area contributed by atoms with Gasteiger partial charge in [0.1, 0.15) is 0 Å². The average molecular weight is 189 g/mol. The SMILES string of the molecule is O=[P]1O[P](=O)O[P](=O)O1. The summed E-state index contributed by atoms with van der Waals surface area (Å²) >= 11 is 0. The Kier molecular flexibility index (Phi) is 2.30. The van der Waals surface area contributed by atoms with Crippen LogP contribution in [0.15, 0.2) is 0 Å². The number of hydrogen-bond donors (Lipinski definition) is 0. The zero-order valence-corrected chi connectivity index (χ0v) is 6.47. The van der Waals surface area contributed by atoms with Gasteiger partial charge in [0, 0.05) is 0 Å².